The summed E-state index contributed by atoms with van der Waals surface area (Å²) in [6.45, 7) is 0.213. The fourth-order valence-electron chi connectivity index (χ4n) is 2.36. The minimum absolute atomic E-state index is 0.0518. The summed E-state index contributed by atoms with van der Waals surface area (Å²) in [6.07, 6.45) is -2.65. The number of rotatable bonds is 3. The maximum absolute atomic E-state index is 12.1. The lowest BCUT2D eigenvalue weighted by molar-refractivity contribution is -0.173. The Morgan fingerprint density at radius 1 is 1.35 bits per heavy atom. The van der Waals surface area contributed by atoms with Crippen LogP contribution in [0.4, 0.5) is 13.2 Å². The summed E-state index contributed by atoms with van der Waals surface area (Å²) in [7, 11) is 0. The molecule has 5 nitrogen and oxygen atoms in total. The van der Waals surface area contributed by atoms with Gasteiger partial charge in [0.15, 0.2) is 0 Å². The van der Waals surface area contributed by atoms with Crippen molar-refractivity contribution in [1.29, 1.82) is 0 Å². The number of carboxylic acid groups (broad SMARTS) is 1. The first-order chi connectivity index (χ1) is 9.30. The Labute approximate surface area is 112 Å². The number of aromatic nitrogens is 1. The normalized spacial score (nSPS) is 14.8. The van der Waals surface area contributed by atoms with Crippen LogP contribution in [-0.2, 0) is 24.3 Å². The number of carbonyl (C=O) groups excluding carboxylic acids is 1. The second kappa shape index (κ2) is 5.18. The second-order valence-electron chi connectivity index (χ2n) is 4.60. The van der Waals surface area contributed by atoms with Gasteiger partial charge >= 0.3 is 18.1 Å². The van der Waals surface area contributed by atoms with Crippen LogP contribution in [0.3, 0.4) is 0 Å². The molecule has 1 aromatic heterocycles. The number of amides is 1. The zero-order valence-electron chi connectivity index (χ0n) is 10.5. The minimum atomic E-state index is -4.94. The van der Waals surface area contributed by atoms with E-state index in [-0.39, 0.29) is 12.2 Å². The van der Waals surface area contributed by atoms with E-state index in [1.165, 1.54) is 6.07 Å². The van der Waals surface area contributed by atoms with Gasteiger partial charge in [0.05, 0.1) is 0 Å². The van der Waals surface area contributed by atoms with E-state index in [4.69, 9.17) is 5.11 Å². The molecule has 0 atom stereocenters. The molecule has 0 aromatic carbocycles. The third-order valence-electron chi connectivity index (χ3n) is 3.26. The highest BCUT2D eigenvalue weighted by Gasteiger charge is 2.38. The van der Waals surface area contributed by atoms with E-state index in [0.717, 1.165) is 12.8 Å². The number of hydrogen-bond acceptors (Lipinski definition) is 2. The number of aromatic carboxylic acids is 1. The summed E-state index contributed by atoms with van der Waals surface area (Å²) >= 11 is 0. The molecule has 1 amide bonds. The van der Waals surface area contributed by atoms with Gasteiger partial charge in [-0.05, 0) is 30.9 Å². The van der Waals surface area contributed by atoms with E-state index in [0.29, 0.717) is 24.2 Å². The third-order valence-corrected chi connectivity index (χ3v) is 3.26. The molecule has 1 aliphatic rings. The second-order valence-corrected chi connectivity index (χ2v) is 4.60. The summed E-state index contributed by atoms with van der Waals surface area (Å²) in [5.41, 5.74) is 1.17. The Morgan fingerprint density at radius 3 is 2.65 bits per heavy atom. The van der Waals surface area contributed by atoms with Crippen molar-refractivity contribution in [1.82, 2.24) is 9.88 Å². The van der Waals surface area contributed by atoms with Crippen LogP contribution in [0, 0.1) is 0 Å². The van der Waals surface area contributed by atoms with Gasteiger partial charge in [0.1, 0.15) is 5.69 Å². The maximum atomic E-state index is 12.1. The Hall–Kier alpha value is -1.99. The first-order valence-corrected chi connectivity index (χ1v) is 6.10. The molecule has 1 aromatic rings. The van der Waals surface area contributed by atoms with Crippen molar-refractivity contribution in [2.24, 2.45) is 0 Å². The number of alkyl halides is 3. The van der Waals surface area contributed by atoms with Crippen LogP contribution in [0.2, 0.25) is 0 Å². The summed E-state index contributed by atoms with van der Waals surface area (Å²) in [6, 6.07) is 1.33. The highest BCUT2D eigenvalue weighted by atomic mass is 19.4. The summed E-state index contributed by atoms with van der Waals surface area (Å²) in [5, 5.41) is 10.8. The molecular formula is C12H13F3N2O3. The van der Waals surface area contributed by atoms with Gasteiger partial charge in [-0.25, -0.2) is 4.79 Å². The number of carbonyl (C=O) groups is 2. The number of halogens is 3. The number of carboxylic acids is 1. The van der Waals surface area contributed by atoms with E-state index in [1.54, 1.807) is 9.88 Å². The predicted octanol–water partition coefficient (Wildman–Crippen LogP) is 1.70. The summed E-state index contributed by atoms with van der Waals surface area (Å²) < 4.78 is 37.9. The van der Waals surface area contributed by atoms with Gasteiger partial charge in [-0.3, -0.25) is 4.79 Å². The van der Waals surface area contributed by atoms with Gasteiger partial charge in [-0.1, -0.05) is 0 Å². The standard InChI is InChI=1S/C12H13F3N2O3/c13-12(14,15)11(20)16-6-7-5-9(10(18)19)17-4-2-1-3-8(7)17/h5H,1-4,6H2,(H,16,20)(H,18,19). The number of hydrogen-bond donors (Lipinski definition) is 2. The Balaban J connectivity index is 2.20. The smallest absolute Gasteiger partial charge is 0.471 e. The van der Waals surface area contributed by atoms with Crippen LogP contribution in [0.1, 0.15) is 34.6 Å². The molecule has 110 valence electrons. The van der Waals surface area contributed by atoms with Gasteiger partial charge < -0.3 is 15.0 Å². The highest BCUT2D eigenvalue weighted by Crippen LogP contribution is 2.24. The van der Waals surface area contributed by atoms with E-state index < -0.39 is 18.1 Å². The van der Waals surface area contributed by atoms with Gasteiger partial charge in [-0.15, -0.1) is 0 Å². The van der Waals surface area contributed by atoms with Crippen molar-refractivity contribution in [2.45, 2.75) is 38.5 Å². The van der Waals surface area contributed by atoms with Gasteiger partial charge in [0, 0.05) is 18.8 Å². The summed E-state index contributed by atoms with van der Waals surface area (Å²) in [5.74, 6) is -3.15. The van der Waals surface area contributed by atoms with Crippen molar-refractivity contribution < 1.29 is 27.9 Å². The number of fused-ring (bicyclic) bond motifs is 1. The molecule has 8 heteroatoms. The van der Waals surface area contributed by atoms with Gasteiger partial charge in [0.25, 0.3) is 0 Å². The van der Waals surface area contributed by atoms with E-state index in [2.05, 4.69) is 0 Å². The molecule has 0 unspecified atom stereocenters. The fourth-order valence-corrected chi connectivity index (χ4v) is 2.36. The van der Waals surface area contributed by atoms with Crippen LogP contribution >= 0.6 is 0 Å². The van der Waals surface area contributed by atoms with Gasteiger partial charge in [-0.2, -0.15) is 13.2 Å². The van der Waals surface area contributed by atoms with E-state index >= 15 is 0 Å². The van der Waals surface area contributed by atoms with Crippen LogP contribution in [-0.4, -0.2) is 27.7 Å². The van der Waals surface area contributed by atoms with E-state index in [9.17, 15) is 22.8 Å². The Kier molecular flexibility index (Phi) is 3.74. The summed E-state index contributed by atoms with van der Waals surface area (Å²) in [4.78, 5) is 21.9. The molecule has 0 radical (unpaired) electrons. The topological polar surface area (TPSA) is 71.3 Å². The van der Waals surface area contributed by atoms with Crippen molar-refractivity contribution >= 4 is 11.9 Å². The molecule has 0 spiro atoms. The molecule has 0 fully saturated rings. The van der Waals surface area contributed by atoms with E-state index in [1.807, 2.05) is 0 Å². The molecule has 20 heavy (non-hydrogen) atoms. The third kappa shape index (κ3) is 2.78. The largest absolute Gasteiger partial charge is 0.477 e. The van der Waals surface area contributed by atoms with Crippen molar-refractivity contribution in [2.75, 3.05) is 0 Å². The molecule has 0 saturated carbocycles. The molecule has 0 saturated heterocycles. The average Bonchev–Trinajstić information content (AvgIpc) is 2.74. The molecule has 2 N–H and O–H groups in total. The van der Waals surface area contributed by atoms with Crippen LogP contribution in [0.5, 0.6) is 0 Å². The minimum Gasteiger partial charge on any atom is -0.477 e. The molecule has 2 rings (SSSR count). The number of nitrogens with one attached hydrogen (secondary N) is 1. The van der Waals surface area contributed by atoms with Crippen molar-refractivity contribution in [3.8, 4) is 0 Å². The van der Waals surface area contributed by atoms with Gasteiger partial charge in [0.2, 0.25) is 0 Å². The lowest BCUT2D eigenvalue weighted by atomic mass is 10.1. The Morgan fingerprint density at radius 2 is 2.05 bits per heavy atom. The lowest BCUT2D eigenvalue weighted by Gasteiger charge is -2.18. The zero-order valence-corrected chi connectivity index (χ0v) is 10.5. The van der Waals surface area contributed by atoms with Crippen LogP contribution in [0.25, 0.3) is 0 Å². The van der Waals surface area contributed by atoms with Crippen molar-refractivity contribution in [3.63, 3.8) is 0 Å². The van der Waals surface area contributed by atoms with Crippen molar-refractivity contribution in [3.05, 3.63) is 23.0 Å². The molecule has 1 aliphatic heterocycles. The molecular weight excluding hydrogens is 277 g/mol. The van der Waals surface area contributed by atoms with Crippen LogP contribution in [0.15, 0.2) is 6.07 Å². The fraction of sp³-hybridized carbons (Fsp3) is 0.500. The number of nitrogens with zero attached hydrogens (tertiary/aromatic N) is 1. The predicted molar refractivity (Wildman–Crippen MR) is 62.2 cm³/mol. The molecule has 2 heterocycles. The quantitative estimate of drug-likeness (QED) is 0.890. The molecule has 0 aliphatic carbocycles. The SMILES string of the molecule is O=C(O)c1cc(CNC(=O)C(F)(F)F)c2n1CCCC2. The zero-order chi connectivity index (χ0) is 14.9. The van der Waals surface area contributed by atoms with Crippen LogP contribution < -0.4 is 5.32 Å². The lowest BCUT2D eigenvalue weighted by Crippen LogP contribution is -2.36. The monoisotopic (exact) mass is 290 g/mol. The first kappa shape index (κ1) is 14.4. The first-order valence-electron chi connectivity index (χ1n) is 6.10. The maximum Gasteiger partial charge on any atom is 0.471 e. The molecule has 0 bridgehead atoms. The average molecular weight is 290 g/mol. The Bertz CT molecular complexity index is 549. The highest BCUT2D eigenvalue weighted by molar-refractivity contribution is 5.87.